The molecule has 2 heterocycles. The minimum absolute atomic E-state index is 0.290. The SMILES string of the molecule is CC(C)c1c(C#N)nnn1CCN1CCCC1. The quantitative estimate of drug-likeness (QED) is 0.788. The molecule has 1 aromatic heterocycles. The molecular weight excluding hydrogens is 214 g/mol. The lowest BCUT2D eigenvalue weighted by Gasteiger charge is -2.15. The van der Waals surface area contributed by atoms with Crippen molar-refractivity contribution in [2.24, 2.45) is 0 Å². The average molecular weight is 233 g/mol. The second kappa shape index (κ2) is 5.28. The van der Waals surface area contributed by atoms with Gasteiger partial charge in [-0.3, -0.25) is 0 Å². The summed E-state index contributed by atoms with van der Waals surface area (Å²) in [5.74, 6) is 0.290. The molecular formula is C12H19N5. The minimum atomic E-state index is 0.290. The number of hydrogen-bond acceptors (Lipinski definition) is 4. The Bertz CT molecular complexity index is 409. The highest BCUT2D eigenvalue weighted by molar-refractivity contribution is 5.26. The Labute approximate surface area is 102 Å². The monoisotopic (exact) mass is 233 g/mol. The summed E-state index contributed by atoms with van der Waals surface area (Å²) in [5.41, 5.74) is 1.44. The van der Waals surface area contributed by atoms with Gasteiger partial charge in [0.25, 0.3) is 0 Å². The zero-order valence-electron chi connectivity index (χ0n) is 10.6. The molecule has 1 fully saturated rings. The zero-order valence-corrected chi connectivity index (χ0v) is 10.6. The van der Waals surface area contributed by atoms with Gasteiger partial charge in [0.1, 0.15) is 6.07 Å². The molecule has 5 nitrogen and oxygen atoms in total. The van der Waals surface area contributed by atoms with Crippen LogP contribution in [0, 0.1) is 11.3 Å². The van der Waals surface area contributed by atoms with Gasteiger partial charge in [-0.25, -0.2) is 4.68 Å². The first-order valence-electron chi connectivity index (χ1n) is 6.28. The van der Waals surface area contributed by atoms with Gasteiger partial charge in [-0.1, -0.05) is 19.1 Å². The lowest BCUT2D eigenvalue weighted by Crippen LogP contribution is -2.25. The van der Waals surface area contributed by atoms with Crippen LogP contribution in [-0.4, -0.2) is 39.5 Å². The van der Waals surface area contributed by atoms with E-state index < -0.39 is 0 Å². The Morgan fingerprint density at radius 1 is 1.29 bits per heavy atom. The smallest absolute Gasteiger partial charge is 0.186 e. The normalized spacial score (nSPS) is 16.6. The molecule has 0 N–H and O–H groups in total. The molecule has 1 aliphatic rings. The molecule has 17 heavy (non-hydrogen) atoms. The van der Waals surface area contributed by atoms with E-state index in [1.54, 1.807) is 0 Å². The van der Waals surface area contributed by atoms with Gasteiger partial charge in [-0.2, -0.15) is 5.26 Å². The van der Waals surface area contributed by atoms with E-state index in [1.807, 2.05) is 4.68 Å². The van der Waals surface area contributed by atoms with E-state index in [0.717, 1.165) is 18.8 Å². The molecule has 1 aromatic rings. The molecule has 2 rings (SSSR count). The highest BCUT2D eigenvalue weighted by atomic mass is 15.4. The number of nitriles is 1. The first-order chi connectivity index (χ1) is 8.22. The lowest BCUT2D eigenvalue weighted by atomic mass is 10.1. The molecule has 0 aromatic carbocycles. The summed E-state index contributed by atoms with van der Waals surface area (Å²) < 4.78 is 1.89. The van der Waals surface area contributed by atoms with Crippen LogP contribution in [0.5, 0.6) is 0 Å². The third kappa shape index (κ3) is 2.64. The summed E-state index contributed by atoms with van der Waals surface area (Å²) in [5, 5.41) is 17.0. The first-order valence-corrected chi connectivity index (χ1v) is 6.28. The van der Waals surface area contributed by atoms with Gasteiger partial charge >= 0.3 is 0 Å². The zero-order chi connectivity index (χ0) is 12.3. The summed E-state index contributed by atoms with van der Waals surface area (Å²) in [6.45, 7) is 8.38. The van der Waals surface area contributed by atoms with Crippen molar-refractivity contribution < 1.29 is 0 Å². The van der Waals surface area contributed by atoms with Crippen LogP contribution in [-0.2, 0) is 6.54 Å². The van der Waals surface area contributed by atoms with Crippen LogP contribution < -0.4 is 0 Å². The number of aromatic nitrogens is 3. The Hall–Kier alpha value is -1.41. The Kier molecular flexibility index (Phi) is 3.75. The van der Waals surface area contributed by atoms with E-state index in [-0.39, 0.29) is 0 Å². The molecule has 1 saturated heterocycles. The molecule has 92 valence electrons. The molecule has 5 heteroatoms. The van der Waals surface area contributed by atoms with Gasteiger partial charge in [-0.05, 0) is 31.8 Å². The van der Waals surface area contributed by atoms with E-state index in [0.29, 0.717) is 11.6 Å². The second-order valence-corrected chi connectivity index (χ2v) is 4.86. The van der Waals surface area contributed by atoms with Crippen molar-refractivity contribution in [3.8, 4) is 6.07 Å². The number of nitrogens with zero attached hydrogens (tertiary/aromatic N) is 5. The minimum Gasteiger partial charge on any atom is -0.301 e. The fourth-order valence-corrected chi connectivity index (χ4v) is 2.38. The maximum atomic E-state index is 8.98. The summed E-state index contributed by atoms with van der Waals surface area (Å²) >= 11 is 0. The van der Waals surface area contributed by atoms with Crippen LogP contribution >= 0.6 is 0 Å². The highest BCUT2D eigenvalue weighted by Crippen LogP contribution is 2.17. The predicted octanol–water partition coefficient (Wildman–Crippen LogP) is 1.37. The fraction of sp³-hybridized carbons (Fsp3) is 0.750. The second-order valence-electron chi connectivity index (χ2n) is 4.86. The van der Waals surface area contributed by atoms with E-state index in [1.165, 1.54) is 25.9 Å². The Morgan fingerprint density at radius 2 is 2.00 bits per heavy atom. The van der Waals surface area contributed by atoms with Crippen molar-refractivity contribution in [1.82, 2.24) is 19.9 Å². The third-order valence-electron chi connectivity index (χ3n) is 3.25. The van der Waals surface area contributed by atoms with E-state index in [2.05, 4.69) is 35.1 Å². The lowest BCUT2D eigenvalue weighted by molar-refractivity contribution is 0.311. The van der Waals surface area contributed by atoms with Crippen LogP contribution in [0.3, 0.4) is 0 Å². The van der Waals surface area contributed by atoms with Gasteiger partial charge in [0, 0.05) is 6.54 Å². The standard InChI is InChI=1S/C12H19N5/c1-10(2)12-11(9-13)14-15-17(12)8-7-16-5-3-4-6-16/h10H,3-8H2,1-2H3. The van der Waals surface area contributed by atoms with Gasteiger partial charge in [-0.15, -0.1) is 5.10 Å². The molecule has 0 bridgehead atoms. The Balaban J connectivity index is 2.05. The topological polar surface area (TPSA) is 57.7 Å². The number of hydrogen-bond donors (Lipinski definition) is 0. The molecule has 1 aliphatic heterocycles. The summed E-state index contributed by atoms with van der Waals surface area (Å²) in [4.78, 5) is 2.44. The largest absolute Gasteiger partial charge is 0.301 e. The van der Waals surface area contributed by atoms with Gasteiger partial charge < -0.3 is 4.90 Å². The van der Waals surface area contributed by atoms with E-state index >= 15 is 0 Å². The van der Waals surface area contributed by atoms with Gasteiger partial charge in [0.05, 0.1) is 12.2 Å². The van der Waals surface area contributed by atoms with Crippen LogP contribution in [0.2, 0.25) is 0 Å². The molecule has 0 amide bonds. The van der Waals surface area contributed by atoms with Crippen molar-refractivity contribution in [2.45, 2.75) is 39.2 Å². The maximum Gasteiger partial charge on any atom is 0.186 e. The molecule has 0 spiro atoms. The summed E-state index contributed by atoms with van der Waals surface area (Å²) in [6.07, 6.45) is 2.61. The molecule has 0 aliphatic carbocycles. The molecule has 0 radical (unpaired) electrons. The number of likely N-dealkylation sites (tertiary alicyclic amines) is 1. The third-order valence-corrected chi connectivity index (χ3v) is 3.25. The van der Waals surface area contributed by atoms with Gasteiger partial charge in [0.15, 0.2) is 5.69 Å². The van der Waals surface area contributed by atoms with Crippen molar-refractivity contribution in [3.05, 3.63) is 11.4 Å². The van der Waals surface area contributed by atoms with Crippen LogP contribution in [0.4, 0.5) is 0 Å². The first kappa shape index (κ1) is 12.1. The molecule has 0 unspecified atom stereocenters. The molecule has 0 atom stereocenters. The fourth-order valence-electron chi connectivity index (χ4n) is 2.38. The number of rotatable bonds is 4. The molecule has 0 saturated carbocycles. The van der Waals surface area contributed by atoms with Gasteiger partial charge in [0.2, 0.25) is 0 Å². The van der Waals surface area contributed by atoms with E-state index in [4.69, 9.17) is 5.26 Å². The van der Waals surface area contributed by atoms with Crippen LogP contribution in [0.1, 0.15) is 44.0 Å². The maximum absolute atomic E-state index is 8.98. The Morgan fingerprint density at radius 3 is 2.59 bits per heavy atom. The summed E-state index contributed by atoms with van der Waals surface area (Å²) in [6, 6.07) is 2.12. The van der Waals surface area contributed by atoms with Crippen molar-refractivity contribution >= 4 is 0 Å². The van der Waals surface area contributed by atoms with Crippen molar-refractivity contribution in [2.75, 3.05) is 19.6 Å². The van der Waals surface area contributed by atoms with Crippen molar-refractivity contribution in [3.63, 3.8) is 0 Å². The van der Waals surface area contributed by atoms with E-state index in [9.17, 15) is 0 Å². The summed E-state index contributed by atoms with van der Waals surface area (Å²) in [7, 11) is 0. The van der Waals surface area contributed by atoms with Crippen LogP contribution in [0.25, 0.3) is 0 Å². The average Bonchev–Trinajstić information content (AvgIpc) is 2.95. The predicted molar refractivity (Wildman–Crippen MR) is 64.5 cm³/mol. The van der Waals surface area contributed by atoms with Crippen molar-refractivity contribution in [1.29, 1.82) is 5.26 Å². The highest BCUT2D eigenvalue weighted by Gasteiger charge is 2.17. The van der Waals surface area contributed by atoms with Crippen LogP contribution in [0.15, 0.2) is 0 Å².